The third-order valence-corrected chi connectivity index (χ3v) is 7.38. The minimum atomic E-state index is -1.23. The monoisotopic (exact) mass is 462 g/mol. The minimum absolute atomic E-state index is 0.0365. The van der Waals surface area contributed by atoms with Crippen molar-refractivity contribution < 1.29 is 14.4 Å². The van der Waals surface area contributed by atoms with E-state index in [-0.39, 0.29) is 43.1 Å². The number of thiazole rings is 1. The molecule has 0 bridgehead atoms. The maximum atomic E-state index is 13.8. The zero-order valence-corrected chi connectivity index (χ0v) is 19.7. The molecule has 0 radical (unpaired) electrons. The molecule has 2 aromatic heterocycles. The van der Waals surface area contributed by atoms with Crippen LogP contribution in [0.4, 0.5) is 0 Å². The van der Waals surface area contributed by atoms with Gasteiger partial charge in [-0.15, -0.1) is 11.3 Å². The fraction of sp³-hybridized carbons (Fsp3) is 0.320. The fourth-order valence-corrected chi connectivity index (χ4v) is 5.08. The molecule has 2 atom stereocenters. The van der Waals surface area contributed by atoms with Crippen molar-refractivity contribution in [3.05, 3.63) is 82.1 Å². The molecule has 1 aliphatic heterocycles. The van der Waals surface area contributed by atoms with Crippen molar-refractivity contribution in [3.8, 4) is 0 Å². The molecular formula is C25H26N4O3S. The summed E-state index contributed by atoms with van der Waals surface area (Å²) in [7, 11) is 1.72. The fourth-order valence-electron chi connectivity index (χ4n) is 4.18. The van der Waals surface area contributed by atoms with Crippen LogP contribution in [0.1, 0.15) is 47.6 Å². The molecule has 0 saturated carbocycles. The number of likely N-dealkylation sites (tertiary alicyclic amines) is 1. The molecule has 33 heavy (non-hydrogen) atoms. The lowest BCUT2D eigenvalue weighted by Gasteiger charge is -2.31. The SMILES string of the molecule is Cc1csc([C@@H](C)N(C)C(=O)C[C@@]2(c3ccccc3)CC(=O)N(Cc3ccncc3)C2=O)n1. The molecule has 4 rings (SSSR count). The molecular weight excluding hydrogens is 436 g/mol. The Bertz CT molecular complexity index is 1160. The Kier molecular flexibility index (Phi) is 6.37. The van der Waals surface area contributed by atoms with E-state index in [4.69, 9.17) is 0 Å². The van der Waals surface area contributed by atoms with Gasteiger partial charge in [0.05, 0.1) is 18.0 Å². The van der Waals surface area contributed by atoms with Gasteiger partial charge >= 0.3 is 0 Å². The van der Waals surface area contributed by atoms with Crippen LogP contribution in [-0.4, -0.2) is 44.5 Å². The number of amides is 3. The highest BCUT2D eigenvalue weighted by atomic mass is 32.1. The Hall–Kier alpha value is -3.39. The van der Waals surface area contributed by atoms with Gasteiger partial charge in [0.15, 0.2) is 0 Å². The molecule has 0 aliphatic carbocycles. The van der Waals surface area contributed by atoms with Gasteiger partial charge in [0.2, 0.25) is 17.7 Å². The van der Waals surface area contributed by atoms with Crippen LogP contribution >= 0.6 is 11.3 Å². The summed E-state index contributed by atoms with van der Waals surface area (Å²) in [5.41, 5.74) is 1.17. The van der Waals surface area contributed by atoms with Crippen molar-refractivity contribution in [1.82, 2.24) is 19.8 Å². The van der Waals surface area contributed by atoms with E-state index >= 15 is 0 Å². The van der Waals surface area contributed by atoms with Crippen molar-refractivity contribution in [2.24, 2.45) is 0 Å². The van der Waals surface area contributed by atoms with E-state index in [0.717, 1.165) is 16.3 Å². The normalized spacial score (nSPS) is 19.1. The molecule has 1 saturated heterocycles. The molecule has 1 fully saturated rings. The van der Waals surface area contributed by atoms with E-state index in [9.17, 15) is 14.4 Å². The van der Waals surface area contributed by atoms with Gasteiger partial charge in [-0.05, 0) is 37.1 Å². The van der Waals surface area contributed by atoms with Crippen molar-refractivity contribution in [3.63, 3.8) is 0 Å². The van der Waals surface area contributed by atoms with Gasteiger partial charge in [-0.2, -0.15) is 0 Å². The summed E-state index contributed by atoms with van der Waals surface area (Å²) in [6, 6.07) is 12.5. The maximum Gasteiger partial charge on any atom is 0.241 e. The molecule has 3 amide bonds. The highest BCUT2D eigenvalue weighted by molar-refractivity contribution is 7.09. The molecule has 3 heterocycles. The van der Waals surface area contributed by atoms with Gasteiger partial charge in [-0.3, -0.25) is 24.3 Å². The van der Waals surface area contributed by atoms with E-state index in [2.05, 4.69) is 9.97 Å². The lowest BCUT2D eigenvalue weighted by atomic mass is 9.75. The number of benzene rings is 1. The first kappa shape index (κ1) is 22.8. The first-order chi connectivity index (χ1) is 15.8. The average Bonchev–Trinajstić information content (AvgIpc) is 3.36. The summed E-state index contributed by atoms with van der Waals surface area (Å²) in [5.74, 6) is -0.819. The number of hydrogen-bond acceptors (Lipinski definition) is 6. The number of nitrogens with zero attached hydrogens (tertiary/aromatic N) is 4. The zero-order chi connectivity index (χ0) is 23.6. The standard InChI is InChI=1S/C25H26N4O3S/c1-17-16-33-23(27-17)18(2)28(3)21(30)13-25(20-7-5-4-6-8-20)14-22(31)29(24(25)32)15-19-9-11-26-12-10-19/h4-12,16,18H,13-15H2,1-3H3/t18-,25+/m1/s1. The molecule has 3 aromatic rings. The van der Waals surface area contributed by atoms with E-state index < -0.39 is 5.41 Å². The van der Waals surface area contributed by atoms with Crippen molar-refractivity contribution in [2.75, 3.05) is 7.05 Å². The molecule has 7 nitrogen and oxygen atoms in total. The van der Waals surface area contributed by atoms with Gasteiger partial charge < -0.3 is 4.90 Å². The molecule has 0 N–H and O–H groups in total. The largest absolute Gasteiger partial charge is 0.337 e. The second kappa shape index (κ2) is 9.23. The van der Waals surface area contributed by atoms with Crippen LogP contribution in [0.2, 0.25) is 0 Å². The Balaban J connectivity index is 1.63. The van der Waals surface area contributed by atoms with Crippen molar-refractivity contribution in [2.45, 2.75) is 44.7 Å². The number of imide groups is 1. The lowest BCUT2D eigenvalue weighted by Crippen LogP contribution is -2.43. The average molecular weight is 463 g/mol. The number of carbonyl (C=O) groups excluding carboxylic acids is 3. The lowest BCUT2D eigenvalue weighted by molar-refractivity contribution is -0.143. The number of hydrogen-bond donors (Lipinski definition) is 0. The van der Waals surface area contributed by atoms with E-state index in [1.54, 1.807) is 36.5 Å². The molecule has 0 spiro atoms. The number of aryl methyl sites for hydroxylation is 1. The van der Waals surface area contributed by atoms with E-state index in [0.29, 0.717) is 5.56 Å². The first-order valence-electron chi connectivity index (χ1n) is 10.8. The van der Waals surface area contributed by atoms with Crippen LogP contribution < -0.4 is 0 Å². The van der Waals surface area contributed by atoms with Crippen molar-refractivity contribution in [1.29, 1.82) is 0 Å². The number of pyridine rings is 1. The van der Waals surface area contributed by atoms with Crippen LogP contribution in [-0.2, 0) is 26.3 Å². The predicted molar refractivity (Wildman–Crippen MR) is 125 cm³/mol. The second-order valence-corrected chi connectivity index (χ2v) is 9.34. The van der Waals surface area contributed by atoms with Crippen LogP contribution in [0, 0.1) is 6.92 Å². The van der Waals surface area contributed by atoms with Crippen molar-refractivity contribution >= 4 is 29.1 Å². The molecule has 170 valence electrons. The number of aromatic nitrogens is 2. The Morgan fingerprint density at radius 3 is 2.52 bits per heavy atom. The van der Waals surface area contributed by atoms with Crippen LogP contribution in [0.3, 0.4) is 0 Å². The molecule has 1 aliphatic rings. The van der Waals surface area contributed by atoms with Gasteiger partial charge in [-0.25, -0.2) is 4.98 Å². The Morgan fingerprint density at radius 2 is 1.88 bits per heavy atom. The second-order valence-electron chi connectivity index (χ2n) is 8.45. The quantitative estimate of drug-likeness (QED) is 0.501. The maximum absolute atomic E-state index is 13.8. The highest BCUT2D eigenvalue weighted by Gasteiger charge is 2.54. The van der Waals surface area contributed by atoms with Gasteiger partial charge in [0.25, 0.3) is 0 Å². The van der Waals surface area contributed by atoms with Crippen LogP contribution in [0.5, 0.6) is 0 Å². The molecule has 8 heteroatoms. The summed E-state index contributed by atoms with van der Waals surface area (Å²) < 4.78 is 0. The van der Waals surface area contributed by atoms with Gasteiger partial charge in [0, 0.05) is 43.4 Å². The smallest absolute Gasteiger partial charge is 0.241 e. The summed E-state index contributed by atoms with van der Waals surface area (Å²) in [4.78, 5) is 51.6. The topological polar surface area (TPSA) is 83.5 Å². The van der Waals surface area contributed by atoms with E-state index in [1.807, 2.05) is 49.6 Å². The highest BCUT2D eigenvalue weighted by Crippen LogP contribution is 2.41. The Morgan fingerprint density at radius 1 is 1.18 bits per heavy atom. The van der Waals surface area contributed by atoms with E-state index in [1.165, 1.54) is 16.2 Å². The number of rotatable bonds is 7. The molecule has 0 unspecified atom stereocenters. The summed E-state index contributed by atoms with van der Waals surface area (Å²) >= 11 is 1.50. The first-order valence-corrected chi connectivity index (χ1v) is 11.7. The molecule has 1 aromatic carbocycles. The summed E-state index contributed by atoms with van der Waals surface area (Å²) in [6.45, 7) is 4.00. The Labute approximate surface area is 197 Å². The number of carbonyl (C=O) groups is 3. The van der Waals surface area contributed by atoms with Gasteiger partial charge in [-0.1, -0.05) is 30.3 Å². The summed E-state index contributed by atoms with van der Waals surface area (Å²) in [5, 5.41) is 2.79. The third kappa shape index (κ3) is 4.43. The van der Waals surface area contributed by atoms with Crippen LogP contribution in [0.25, 0.3) is 0 Å². The summed E-state index contributed by atoms with van der Waals surface area (Å²) in [6.07, 6.45) is 3.14. The third-order valence-electron chi connectivity index (χ3n) is 6.25. The zero-order valence-electron chi connectivity index (χ0n) is 18.9. The predicted octanol–water partition coefficient (Wildman–Crippen LogP) is 3.65. The minimum Gasteiger partial charge on any atom is -0.337 e. The van der Waals surface area contributed by atoms with Gasteiger partial charge in [0.1, 0.15) is 5.01 Å². The van der Waals surface area contributed by atoms with Crippen LogP contribution in [0.15, 0.2) is 60.2 Å².